The predicted octanol–water partition coefficient (Wildman–Crippen LogP) is 0.888. The molecule has 0 aromatic carbocycles. The molecule has 0 saturated carbocycles. The average molecular weight is 180 g/mol. The molecular formula is C9H12N2O2. The van der Waals surface area contributed by atoms with Crippen molar-refractivity contribution in [3.05, 3.63) is 23.4 Å². The Bertz CT molecular complexity index is 323. The van der Waals surface area contributed by atoms with Crippen LogP contribution in [-0.4, -0.2) is 17.5 Å². The molecule has 4 nitrogen and oxygen atoms in total. The molecule has 0 fully saturated rings. The van der Waals surface area contributed by atoms with Crippen LogP contribution in [0.1, 0.15) is 23.0 Å². The van der Waals surface area contributed by atoms with Crippen LogP contribution in [0.4, 0.5) is 0 Å². The highest BCUT2D eigenvalue weighted by molar-refractivity contribution is 5.93. The van der Waals surface area contributed by atoms with E-state index in [4.69, 9.17) is 10.5 Å². The fourth-order valence-electron chi connectivity index (χ4n) is 1.03. The second-order valence-corrected chi connectivity index (χ2v) is 2.58. The van der Waals surface area contributed by atoms with E-state index in [9.17, 15) is 4.79 Å². The van der Waals surface area contributed by atoms with Crippen LogP contribution in [-0.2, 0) is 0 Å². The van der Waals surface area contributed by atoms with Crippen molar-refractivity contribution in [1.82, 2.24) is 4.98 Å². The number of ether oxygens (including phenoxy) is 1. The van der Waals surface area contributed by atoms with Gasteiger partial charge in [-0.15, -0.1) is 0 Å². The molecule has 13 heavy (non-hydrogen) atoms. The summed E-state index contributed by atoms with van der Waals surface area (Å²) in [5.41, 5.74) is 6.15. The van der Waals surface area contributed by atoms with Crippen LogP contribution in [0, 0.1) is 6.92 Å². The molecule has 70 valence electrons. The first-order valence-corrected chi connectivity index (χ1v) is 4.05. The van der Waals surface area contributed by atoms with Gasteiger partial charge >= 0.3 is 0 Å². The third kappa shape index (κ3) is 2.18. The van der Waals surface area contributed by atoms with E-state index >= 15 is 0 Å². The van der Waals surface area contributed by atoms with Crippen LogP contribution in [0.25, 0.3) is 0 Å². The van der Waals surface area contributed by atoms with Crippen molar-refractivity contribution in [2.24, 2.45) is 5.73 Å². The number of carbonyl (C=O) groups excluding carboxylic acids is 1. The highest BCUT2D eigenvalue weighted by atomic mass is 16.5. The Morgan fingerprint density at radius 2 is 2.31 bits per heavy atom. The number of amides is 1. The average Bonchev–Trinajstić information content (AvgIpc) is 2.04. The number of carbonyl (C=O) groups is 1. The number of hydrogen-bond acceptors (Lipinski definition) is 3. The molecule has 0 saturated heterocycles. The molecule has 0 aliphatic carbocycles. The lowest BCUT2D eigenvalue weighted by Gasteiger charge is -2.04. The molecule has 0 radical (unpaired) electrons. The van der Waals surface area contributed by atoms with Gasteiger partial charge in [0.05, 0.1) is 17.9 Å². The Labute approximate surface area is 76.7 Å². The van der Waals surface area contributed by atoms with Gasteiger partial charge in [0.15, 0.2) is 0 Å². The first-order chi connectivity index (χ1) is 6.15. The van der Waals surface area contributed by atoms with Crippen molar-refractivity contribution in [2.45, 2.75) is 13.8 Å². The second kappa shape index (κ2) is 3.89. The van der Waals surface area contributed by atoms with Gasteiger partial charge in [-0.05, 0) is 19.9 Å². The van der Waals surface area contributed by atoms with Gasteiger partial charge in [-0.1, -0.05) is 0 Å². The van der Waals surface area contributed by atoms with Crippen molar-refractivity contribution in [3.8, 4) is 5.88 Å². The molecule has 0 unspecified atom stereocenters. The van der Waals surface area contributed by atoms with Gasteiger partial charge in [0.1, 0.15) is 0 Å². The van der Waals surface area contributed by atoms with E-state index in [0.717, 1.165) is 0 Å². The minimum Gasteiger partial charge on any atom is -0.478 e. The van der Waals surface area contributed by atoms with E-state index in [1.54, 1.807) is 19.1 Å². The normalized spacial score (nSPS) is 9.69. The molecule has 0 atom stereocenters. The summed E-state index contributed by atoms with van der Waals surface area (Å²) in [4.78, 5) is 14.9. The van der Waals surface area contributed by atoms with Crippen LogP contribution in [0.5, 0.6) is 5.88 Å². The summed E-state index contributed by atoms with van der Waals surface area (Å²) in [6.45, 7) is 4.16. The number of primary amides is 1. The van der Waals surface area contributed by atoms with E-state index < -0.39 is 5.91 Å². The molecule has 1 rings (SSSR count). The highest BCUT2D eigenvalue weighted by Crippen LogP contribution is 2.11. The lowest BCUT2D eigenvalue weighted by atomic mass is 10.2. The van der Waals surface area contributed by atoms with Gasteiger partial charge in [0, 0.05) is 6.07 Å². The smallest absolute Gasteiger partial charge is 0.250 e. The van der Waals surface area contributed by atoms with Gasteiger partial charge < -0.3 is 10.5 Å². The minimum atomic E-state index is -0.465. The fourth-order valence-corrected chi connectivity index (χ4v) is 1.03. The molecule has 0 bridgehead atoms. The van der Waals surface area contributed by atoms with E-state index in [0.29, 0.717) is 23.7 Å². The maximum atomic E-state index is 10.8. The Kier molecular flexibility index (Phi) is 2.84. The molecule has 0 aliphatic heterocycles. The van der Waals surface area contributed by atoms with Gasteiger partial charge in [-0.2, -0.15) is 0 Å². The van der Waals surface area contributed by atoms with Gasteiger partial charge in [-0.25, -0.2) is 4.98 Å². The summed E-state index contributed by atoms with van der Waals surface area (Å²) in [5, 5.41) is 0. The van der Waals surface area contributed by atoms with Gasteiger partial charge in [0.2, 0.25) is 5.88 Å². The zero-order valence-electron chi connectivity index (χ0n) is 7.70. The van der Waals surface area contributed by atoms with Gasteiger partial charge in [-0.3, -0.25) is 4.79 Å². The topological polar surface area (TPSA) is 65.2 Å². The van der Waals surface area contributed by atoms with Crippen LogP contribution >= 0.6 is 0 Å². The molecule has 1 aromatic heterocycles. The maximum Gasteiger partial charge on any atom is 0.250 e. The zero-order valence-corrected chi connectivity index (χ0v) is 7.70. The predicted molar refractivity (Wildman–Crippen MR) is 48.7 cm³/mol. The summed E-state index contributed by atoms with van der Waals surface area (Å²) in [5.74, 6) is 0.0537. The van der Waals surface area contributed by atoms with E-state index in [-0.39, 0.29) is 0 Å². The standard InChI is InChI=1S/C9H12N2O2/c1-3-13-8-5-4-7(9(10)12)6(2)11-8/h4-5H,3H2,1-2H3,(H2,10,12). The molecule has 4 heteroatoms. The lowest BCUT2D eigenvalue weighted by molar-refractivity contribution is 0.0999. The van der Waals surface area contributed by atoms with Crippen LogP contribution in [0.2, 0.25) is 0 Å². The summed E-state index contributed by atoms with van der Waals surface area (Å²) in [7, 11) is 0. The number of rotatable bonds is 3. The summed E-state index contributed by atoms with van der Waals surface area (Å²) >= 11 is 0. The number of pyridine rings is 1. The van der Waals surface area contributed by atoms with Crippen molar-refractivity contribution in [3.63, 3.8) is 0 Å². The van der Waals surface area contributed by atoms with E-state index in [2.05, 4.69) is 4.98 Å². The Hall–Kier alpha value is -1.58. The third-order valence-corrected chi connectivity index (χ3v) is 1.62. The summed E-state index contributed by atoms with van der Waals surface area (Å²) in [6, 6.07) is 3.26. The number of nitrogens with two attached hydrogens (primary N) is 1. The Morgan fingerprint density at radius 1 is 1.62 bits per heavy atom. The maximum absolute atomic E-state index is 10.8. The van der Waals surface area contributed by atoms with Crippen molar-refractivity contribution in [2.75, 3.05) is 6.61 Å². The number of aromatic nitrogens is 1. The van der Waals surface area contributed by atoms with Gasteiger partial charge in [0.25, 0.3) is 5.91 Å². The van der Waals surface area contributed by atoms with Crippen LogP contribution in [0.3, 0.4) is 0 Å². The third-order valence-electron chi connectivity index (χ3n) is 1.62. The van der Waals surface area contributed by atoms with E-state index in [1.165, 1.54) is 0 Å². The number of aryl methyl sites for hydroxylation is 1. The molecule has 1 amide bonds. The minimum absolute atomic E-state index is 0.434. The zero-order chi connectivity index (χ0) is 9.84. The van der Waals surface area contributed by atoms with Crippen LogP contribution in [0.15, 0.2) is 12.1 Å². The number of nitrogens with zero attached hydrogens (tertiary/aromatic N) is 1. The SMILES string of the molecule is CCOc1ccc(C(N)=O)c(C)n1. The Morgan fingerprint density at radius 3 is 2.77 bits per heavy atom. The fraction of sp³-hybridized carbons (Fsp3) is 0.333. The molecular weight excluding hydrogens is 168 g/mol. The summed E-state index contributed by atoms with van der Waals surface area (Å²) in [6.07, 6.45) is 0. The van der Waals surface area contributed by atoms with Crippen molar-refractivity contribution >= 4 is 5.91 Å². The second-order valence-electron chi connectivity index (χ2n) is 2.58. The molecule has 2 N–H and O–H groups in total. The highest BCUT2D eigenvalue weighted by Gasteiger charge is 2.06. The largest absolute Gasteiger partial charge is 0.478 e. The van der Waals surface area contributed by atoms with Crippen molar-refractivity contribution in [1.29, 1.82) is 0 Å². The summed E-state index contributed by atoms with van der Waals surface area (Å²) < 4.78 is 5.16. The monoisotopic (exact) mass is 180 g/mol. The lowest BCUT2D eigenvalue weighted by Crippen LogP contribution is -2.13. The molecule has 0 aliphatic rings. The van der Waals surface area contributed by atoms with Crippen LogP contribution < -0.4 is 10.5 Å². The molecule has 1 heterocycles. The quantitative estimate of drug-likeness (QED) is 0.751. The van der Waals surface area contributed by atoms with Crippen molar-refractivity contribution < 1.29 is 9.53 Å². The molecule has 0 spiro atoms. The first kappa shape index (κ1) is 9.51. The van der Waals surface area contributed by atoms with E-state index in [1.807, 2.05) is 6.92 Å². The number of hydrogen-bond donors (Lipinski definition) is 1. The Balaban J connectivity index is 2.98. The molecule has 1 aromatic rings. The first-order valence-electron chi connectivity index (χ1n) is 4.05.